The first-order chi connectivity index (χ1) is 10.4. The molecule has 0 aromatic heterocycles. The van der Waals surface area contributed by atoms with Crippen LogP contribution in [0.25, 0.3) is 10.8 Å². The van der Waals surface area contributed by atoms with E-state index in [1.54, 1.807) is 0 Å². The quantitative estimate of drug-likeness (QED) is 0.599. The fourth-order valence-electron chi connectivity index (χ4n) is 2.87. The molecule has 1 aliphatic rings. The van der Waals surface area contributed by atoms with Crippen molar-refractivity contribution in [3.63, 3.8) is 0 Å². The molecule has 3 aromatic rings. The second-order valence-corrected chi connectivity index (χ2v) is 5.49. The van der Waals surface area contributed by atoms with Gasteiger partial charge in [0.05, 0.1) is 0 Å². The van der Waals surface area contributed by atoms with Crippen molar-refractivity contribution in [2.45, 2.75) is 6.17 Å². The summed E-state index contributed by atoms with van der Waals surface area (Å²) in [4.78, 5) is 0. The summed E-state index contributed by atoms with van der Waals surface area (Å²) in [7, 11) is 0. The van der Waals surface area contributed by atoms with Gasteiger partial charge < -0.3 is 13.7 Å². The highest BCUT2D eigenvalue weighted by Crippen LogP contribution is 2.40. The lowest BCUT2D eigenvalue weighted by Gasteiger charge is -2.30. The van der Waals surface area contributed by atoms with Crippen LogP contribution in [0.15, 0.2) is 60.7 Å². The summed E-state index contributed by atoms with van der Waals surface area (Å²) in [6.07, 6.45) is -0.00327. The molecule has 1 aliphatic heterocycles. The van der Waals surface area contributed by atoms with E-state index in [9.17, 15) is 0 Å². The fourth-order valence-corrected chi connectivity index (χ4v) is 3.27. The van der Waals surface area contributed by atoms with E-state index in [2.05, 4.69) is 53.1 Å². The summed E-state index contributed by atoms with van der Waals surface area (Å²) in [6, 6.07) is 20.7. The maximum atomic E-state index is 5.45. The van der Waals surface area contributed by atoms with Gasteiger partial charge in [0.2, 0.25) is 0 Å². The Kier molecular flexibility index (Phi) is 3.11. The largest absolute Gasteiger partial charge is 0.427 e. The third-order valence-electron chi connectivity index (χ3n) is 3.82. The van der Waals surface area contributed by atoms with Gasteiger partial charge in [-0.3, -0.25) is 0 Å². The van der Waals surface area contributed by atoms with Gasteiger partial charge in [0.15, 0.2) is 23.0 Å². The van der Waals surface area contributed by atoms with Crippen molar-refractivity contribution in [1.29, 1.82) is 0 Å². The Balaban J connectivity index is 1.83. The summed E-state index contributed by atoms with van der Waals surface area (Å²) < 4.78 is 5.45. The number of nitrogens with one attached hydrogen (secondary N) is 2. The predicted molar refractivity (Wildman–Crippen MR) is 95.0 cm³/mol. The molecular weight excluding hydrogens is 375 g/mol. The first-order valence-corrected chi connectivity index (χ1v) is 7.67. The monoisotopic (exact) mass is 388 g/mol. The standard InChI is InChI=1S/C17H13IN2O/c18-21-15-10-2-1-7-12(15)17-19-13-8-3-5-11-6-4-9-14(20-17)16(11)13/h1-10,17,19-20H. The molecule has 2 N–H and O–H groups in total. The molecule has 1 heterocycles. The second kappa shape index (κ2) is 5.11. The third-order valence-corrected chi connectivity index (χ3v) is 4.29. The highest BCUT2D eigenvalue weighted by molar-refractivity contribution is 14.1. The summed E-state index contributed by atoms with van der Waals surface area (Å²) in [5.74, 6) is 0.870. The number of para-hydroxylation sites is 1. The molecule has 0 saturated heterocycles. The maximum Gasteiger partial charge on any atom is 0.192 e. The van der Waals surface area contributed by atoms with E-state index in [4.69, 9.17) is 3.07 Å². The number of rotatable bonds is 2. The van der Waals surface area contributed by atoms with Crippen LogP contribution in [0, 0.1) is 0 Å². The van der Waals surface area contributed by atoms with Gasteiger partial charge in [0.25, 0.3) is 0 Å². The van der Waals surface area contributed by atoms with Crippen LogP contribution >= 0.6 is 23.0 Å². The van der Waals surface area contributed by atoms with Crippen LogP contribution < -0.4 is 13.7 Å². The van der Waals surface area contributed by atoms with E-state index in [1.165, 1.54) is 10.8 Å². The number of anilines is 2. The van der Waals surface area contributed by atoms with E-state index >= 15 is 0 Å². The Morgan fingerprint density at radius 3 is 2.14 bits per heavy atom. The fraction of sp³-hybridized carbons (Fsp3) is 0.0588. The third kappa shape index (κ3) is 2.10. The van der Waals surface area contributed by atoms with Crippen LogP contribution in [0.2, 0.25) is 0 Å². The van der Waals surface area contributed by atoms with Gasteiger partial charge >= 0.3 is 0 Å². The highest BCUT2D eigenvalue weighted by Gasteiger charge is 2.22. The molecule has 0 unspecified atom stereocenters. The van der Waals surface area contributed by atoms with E-state index in [-0.39, 0.29) is 6.17 Å². The zero-order valence-corrected chi connectivity index (χ0v) is 13.3. The van der Waals surface area contributed by atoms with Crippen molar-refractivity contribution in [2.24, 2.45) is 0 Å². The summed E-state index contributed by atoms with van der Waals surface area (Å²) >= 11 is 1.92. The lowest BCUT2D eigenvalue weighted by Crippen LogP contribution is -2.23. The Morgan fingerprint density at radius 2 is 1.48 bits per heavy atom. The van der Waals surface area contributed by atoms with Crippen molar-refractivity contribution in [1.82, 2.24) is 0 Å². The Bertz CT molecular complexity index is 778. The Labute approximate surface area is 137 Å². The Morgan fingerprint density at radius 1 is 0.810 bits per heavy atom. The van der Waals surface area contributed by atoms with Crippen molar-refractivity contribution >= 4 is 45.2 Å². The number of benzene rings is 3. The number of halogens is 1. The zero-order valence-electron chi connectivity index (χ0n) is 11.1. The van der Waals surface area contributed by atoms with Gasteiger partial charge in [0.1, 0.15) is 11.9 Å². The van der Waals surface area contributed by atoms with Crippen LogP contribution in [0.5, 0.6) is 5.75 Å². The first-order valence-electron chi connectivity index (χ1n) is 6.79. The molecule has 104 valence electrons. The number of hydrogen-bond acceptors (Lipinski definition) is 3. The van der Waals surface area contributed by atoms with Crippen LogP contribution in [0.1, 0.15) is 11.7 Å². The van der Waals surface area contributed by atoms with Gasteiger partial charge in [-0.05, 0) is 23.6 Å². The minimum Gasteiger partial charge on any atom is -0.427 e. The average molecular weight is 388 g/mol. The SMILES string of the molecule is IOc1ccccc1C1Nc2cccc3cccc(c23)N1. The van der Waals surface area contributed by atoms with Crippen molar-refractivity contribution in [3.05, 3.63) is 66.2 Å². The lowest BCUT2D eigenvalue weighted by atomic mass is 10.0. The van der Waals surface area contributed by atoms with Gasteiger partial charge in [-0.15, -0.1) is 0 Å². The van der Waals surface area contributed by atoms with Gasteiger partial charge in [-0.1, -0.05) is 42.5 Å². The van der Waals surface area contributed by atoms with E-state index in [0.717, 1.165) is 22.7 Å². The van der Waals surface area contributed by atoms with E-state index < -0.39 is 0 Å². The van der Waals surface area contributed by atoms with E-state index in [0.29, 0.717) is 0 Å². The smallest absolute Gasteiger partial charge is 0.192 e. The van der Waals surface area contributed by atoms with Crippen LogP contribution in [-0.2, 0) is 0 Å². The molecule has 0 bridgehead atoms. The van der Waals surface area contributed by atoms with Crippen LogP contribution in [0.4, 0.5) is 11.4 Å². The molecule has 0 fully saturated rings. The lowest BCUT2D eigenvalue weighted by molar-refractivity contribution is 0.689. The summed E-state index contributed by atoms with van der Waals surface area (Å²) in [6.45, 7) is 0. The number of hydrogen-bond donors (Lipinski definition) is 2. The van der Waals surface area contributed by atoms with E-state index in [1.807, 2.05) is 41.2 Å². The molecule has 0 aliphatic carbocycles. The van der Waals surface area contributed by atoms with Crippen molar-refractivity contribution in [2.75, 3.05) is 10.6 Å². The molecule has 3 aromatic carbocycles. The van der Waals surface area contributed by atoms with Crippen molar-refractivity contribution < 1.29 is 3.07 Å². The summed E-state index contributed by atoms with van der Waals surface area (Å²) in [5, 5.41) is 9.59. The minimum absolute atomic E-state index is 0.00327. The van der Waals surface area contributed by atoms with Crippen molar-refractivity contribution in [3.8, 4) is 5.75 Å². The van der Waals surface area contributed by atoms with Gasteiger partial charge in [-0.2, -0.15) is 0 Å². The molecule has 0 spiro atoms. The molecule has 4 heteroatoms. The molecule has 4 rings (SSSR count). The van der Waals surface area contributed by atoms with Crippen LogP contribution in [-0.4, -0.2) is 0 Å². The highest BCUT2D eigenvalue weighted by atomic mass is 127. The molecule has 0 atom stereocenters. The normalized spacial score (nSPS) is 13.6. The van der Waals surface area contributed by atoms with Gasteiger partial charge in [-0.25, -0.2) is 0 Å². The average Bonchev–Trinajstić information content (AvgIpc) is 2.55. The second-order valence-electron chi connectivity index (χ2n) is 5.05. The summed E-state index contributed by atoms with van der Waals surface area (Å²) in [5.41, 5.74) is 3.39. The predicted octanol–water partition coefficient (Wildman–Crippen LogP) is 5.10. The van der Waals surface area contributed by atoms with Crippen LogP contribution in [0.3, 0.4) is 0 Å². The molecular formula is C17H13IN2O. The Hall–Kier alpha value is -1.95. The molecule has 21 heavy (non-hydrogen) atoms. The van der Waals surface area contributed by atoms with Gasteiger partial charge in [0, 0.05) is 22.3 Å². The molecule has 0 saturated carbocycles. The molecule has 0 amide bonds. The first kappa shape index (κ1) is 12.8. The maximum absolute atomic E-state index is 5.45. The molecule has 3 nitrogen and oxygen atoms in total. The zero-order chi connectivity index (χ0) is 14.2. The topological polar surface area (TPSA) is 33.3 Å². The minimum atomic E-state index is -0.00327. The molecule has 0 radical (unpaired) electrons.